The molecule has 2 aromatic rings. The van der Waals surface area contributed by atoms with E-state index in [4.69, 9.17) is 16.3 Å². The minimum atomic E-state index is -1.33. The van der Waals surface area contributed by atoms with E-state index in [0.717, 1.165) is 0 Å². The lowest BCUT2D eigenvalue weighted by Gasteiger charge is -2.25. The third-order valence-corrected chi connectivity index (χ3v) is 3.44. The minimum Gasteiger partial charge on any atom is -0.482 e. The summed E-state index contributed by atoms with van der Waals surface area (Å²) in [5, 5.41) is 13.7. The largest absolute Gasteiger partial charge is 0.482 e. The highest BCUT2D eigenvalue weighted by atomic mass is 35.5. The molecule has 0 saturated carbocycles. The molecule has 2 N–H and O–H groups in total. The number of aliphatic hydroxyl groups is 1. The summed E-state index contributed by atoms with van der Waals surface area (Å²) in [6, 6.07) is 15.9. The zero-order chi connectivity index (χ0) is 16.8. The Bertz CT molecular complexity index is 628. The molecular weight excluding hydrogens is 314 g/mol. The maximum absolute atomic E-state index is 12.2. The van der Waals surface area contributed by atoms with Crippen LogP contribution in [-0.2, 0) is 4.79 Å². The van der Waals surface area contributed by atoms with Crippen LogP contribution in [0.2, 0.25) is 5.02 Å². The number of hydrogen-bond donors (Lipinski definition) is 2. The van der Waals surface area contributed by atoms with E-state index in [1.54, 1.807) is 36.4 Å². The van der Waals surface area contributed by atoms with Crippen molar-refractivity contribution >= 4 is 17.5 Å². The Morgan fingerprint density at radius 3 is 2.26 bits per heavy atom. The molecule has 4 nitrogen and oxygen atoms in total. The Hall–Kier alpha value is -2.04. The number of halogens is 1. The van der Waals surface area contributed by atoms with Gasteiger partial charge in [0.1, 0.15) is 5.75 Å². The third-order valence-electron chi connectivity index (χ3n) is 3.19. The fraction of sp³-hybridized carbons (Fsp3) is 0.278. The number of hydrogen-bond acceptors (Lipinski definition) is 3. The molecule has 0 bridgehead atoms. The monoisotopic (exact) mass is 333 g/mol. The van der Waals surface area contributed by atoms with Crippen LogP contribution in [0.1, 0.15) is 25.5 Å². The predicted molar refractivity (Wildman–Crippen MR) is 90.5 cm³/mol. The highest BCUT2D eigenvalue weighted by molar-refractivity contribution is 6.30. The zero-order valence-electron chi connectivity index (χ0n) is 13.1. The Labute approximate surface area is 141 Å². The van der Waals surface area contributed by atoms with Gasteiger partial charge in [-0.3, -0.25) is 4.79 Å². The van der Waals surface area contributed by atoms with Crippen molar-refractivity contribution in [1.29, 1.82) is 0 Å². The number of aliphatic hydroxyl groups excluding tert-OH is 1. The van der Waals surface area contributed by atoms with Gasteiger partial charge < -0.3 is 15.2 Å². The first-order valence-electron chi connectivity index (χ1n) is 7.43. The van der Waals surface area contributed by atoms with Gasteiger partial charge in [-0.05, 0) is 43.7 Å². The van der Waals surface area contributed by atoms with Gasteiger partial charge in [0.25, 0.3) is 5.91 Å². The van der Waals surface area contributed by atoms with Gasteiger partial charge in [-0.2, -0.15) is 0 Å². The second-order valence-corrected chi connectivity index (χ2v) is 5.95. The molecule has 2 aromatic carbocycles. The summed E-state index contributed by atoms with van der Waals surface area (Å²) in [4.78, 5) is 12.2. The normalized spacial score (nSPS) is 13.4. The van der Waals surface area contributed by atoms with E-state index in [0.29, 0.717) is 16.3 Å². The van der Waals surface area contributed by atoms with Gasteiger partial charge >= 0.3 is 0 Å². The SMILES string of the molecule is CC(C)NC(=O)C(O)C(Oc1ccccc1)c1ccc(Cl)cc1. The molecular formula is C18H20ClNO3. The molecule has 23 heavy (non-hydrogen) atoms. The zero-order valence-corrected chi connectivity index (χ0v) is 13.8. The van der Waals surface area contributed by atoms with Crippen LogP contribution in [0.15, 0.2) is 54.6 Å². The van der Waals surface area contributed by atoms with Gasteiger partial charge in [0.15, 0.2) is 12.2 Å². The highest BCUT2D eigenvalue weighted by Gasteiger charge is 2.30. The number of para-hydroxylation sites is 1. The summed E-state index contributed by atoms with van der Waals surface area (Å²) < 4.78 is 5.85. The average molecular weight is 334 g/mol. The summed E-state index contributed by atoms with van der Waals surface area (Å²) in [6.45, 7) is 3.67. The van der Waals surface area contributed by atoms with Gasteiger partial charge in [0, 0.05) is 11.1 Å². The molecule has 0 aliphatic heterocycles. The molecule has 0 radical (unpaired) electrons. The van der Waals surface area contributed by atoms with Crippen molar-refractivity contribution in [2.24, 2.45) is 0 Å². The number of amides is 1. The average Bonchev–Trinajstić information content (AvgIpc) is 2.53. The van der Waals surface area contributed by atoms with Gasteiger partial charge in [-0.25, -0.2) is 0 Å². The molecule has 0 aromatic heterocycles. The fourth-order valence-corrected chi connectivity index (χ4v) is 2.25. The van der Waals surface area contributed by atoms with Crippen molar-refractivity contribution in [1.82, 2.24) is 5.32 Å². The number of ether oxygens (including phenoxy) is 1. The third kappa shape index (κ3) is 4.98. The van der Waals surface area contributed by atoms with E-state index in [2.05, 4.69) is 5.32 Å². The van der Waals surface area contributed by atoms with Crippen LogP contribution in [0.25, 0.3) is 0 Å². The van der Waals surface area contributed by atoms with E-state index >= 15 is 0 Å². The molecule has 0 heterocycles. The summed E-state index contributed by atoms with van der Waals surface area (Å²) in [6.07, 6.45) is -2.16. The number of carbonyl (C=O) groups is 1. The van der Waals surface area contributed by atoms with Crippen LogP contribution in [-0.4, -0.2) is 23.2 Å². The van der Waals surface area contributed by atoms with E-state index in [9.17, 15) is 9.90 Å². The molecule has 122 valence electrons. The van der Waals surface area contributed by atoms with E-state index in [-0.39, 0.29) is 6.04 Å². The van der Waals surface area contributed by atoms with Crippen LogP contribution in [0.3, 0.4) is 0 Å². The van der Waals surface area contributed by atoms with Crippen molar-refractivity contribution in [3.05, 3.63) is 65.2 Å². The number of nitrogens with one attached hydrogen (secondary N) is 1. The predicted octanol–water partition coefficient (Wildman–Crippen LogP) is 3.35. The molecule has 0 spiro atoms. The Morgan fingerprint density at radius 2 is 1.70 bits per heavy atom. The first-order chi connectivity index (χ1) is 11.0. The van der Waals surface area contributed by atoms with Crippen LogP contribution in [0.4, 0.5) is 0 Å². The smallest absolute Gasteiger partial charge is 0.253 e. The standard InChI is InChI=1S/C18H20ClNO3/c1-12(2)20-18(22)16(21)17(13-8-10-14(19)11-9-13)23-15-6-4-3-5-7-15/h3-12,16-17,21H,1-2H3,(H,20,22). The van der Waals surface area contributed by atoms with Gasteiger partial charge in [0.2, 0.25) is 0 Å². The topological polar surface area (TPSA) is 58.6 Å². The summed E-state index contributed by atoms with van der Waals surface area (Å²) in [5.41, 5.74) is 0.671. The van der Waals surface area contributed by atoms with Crippen molar-refractivity contribution in [3.63, 3.8) is 0 Å². The molecule has 2 unspecified atom stereocenters. The molecule has 1 amide bonds. The van der Waals surface area contributed by atoms with Crippen LogP contribution in [0.5, 0.6) is 5.75 Å². The first kappa shape index (κ1) is 17.3. The maximum Gasteiger partial charge on any atom is 0.253 e. The molecule has 0 saturated heterocycles. The van der Waals surface area contributed by atoms with Crippen molar-refractivity contribution < 1.29 is 14.6 Å². The molecule has 0 aliphatic rings. The Kier molecular flexibility index (Phi) is 6.02. The molecule has 0 aliphatic carbocycles. The van der Waals surface area contributed by atoms with Crippen LogP contribution >= 0.6 is 11.6 Å². The summed E-state index contributed by atoms with van der Waals surface area (Å²) >= 11 is 5.90. The fourth-order valence-electron chi connectivity index (χ4n) is 2.12. The van der Waals surface area contributed by atoms with Gasteiger partial charge in [-0.15, -0.1) is 0 Å². The second-order valence-electron chi connectivity index (χ2n) is 5.51. The Balaban J connectivity index is 2.27. The lowest BCUT2D eigenvalue weighted by Crippen LogP contribution is -2.43. The minimum absolute atomic E-state index is 0.0697. The highest BCUT2D eigenvalue weighted by Crippen LogP contribution is 2.26. The molecule has 2 rings (SSSR count). The summed E-state index contributed by atoms with van der Waals surface area (Å²) in [5.74, 6) is 0.0970. The number of benzene rings is 2. The van der Waals surface area contributed by atoms with Crippen molar-refractivity contribution in [2.75, 3.05) is 0 Å². The van der Waals surface area contributed by atoms with E-state index in [1.807, 2.05) is 32.0 Å². The first-order valence-corrected chi connectivity index (χ1v) is 7.81. The summed E-state index contributed by atoms with van der Waals surface area (Å²) in [7, 11) is 0. The van der Waals surface area contributed by atoms with Gasteiger partial charge in [-0.1, -0.05) is 41.9 Å². The molecule has 0 fully saturated rings. The van der Waals surface area contributed by atoms with Crippen LogP contribution < -0.4 is 10.1 Å². The quantitative estimate of drug-likeness (QED) is 0.852. The van der Waals surface area contributed by atoms with E-state index < -0.39 is 18.1 Å². The molecule has 5 heteroatoms. The number of carbonyl (C=O) groups excluding carboxylic acids is 1. The Morgan fingerprint density at radius 1 is 1.09 bits per heavy atom. The molecule has 2 atom stereocenters. The van der Waals surface area contributed by atoms with Crippen molar-refractivity contribution in [3.8, 4) is 5.75 Å². The van der Waals surface area contributed by atoms with Crippen LogP contribution in [0, 0.1) is 0 Å². The number of rotatable bonds is 6. The maximum atomic E-state index is 12.2. The lowest BCUT2D eigenvalue weighted by molar-refractivity contribution is -0.134. The van der Waals surface area contributed by atoms with Gasteiger partial charge in [0.05, 0.1) is 0 Å². The second kappa shape index (κ2) is 7.99. The van der Waals surface area contributed by atoms with E-state index in [1.165, 1.54) is 0 Å². The van der Waals surface area contributed by atoms with Crippen molar-refractivity contribution in [2.45, 2.75) is 32.1 Å². The lowest BCUT2D eigenvalue weighted by atomic mass is 10.0.